The van der Waals surface area contributed by atoms with E-state index >= 15 is 0 Å². The van der Waals surface area contributed by atoms with Crippen molar-refractivity contribution in [2.45, 2.75) is 39.3 Å². The summed E-state index contributed by atoms with van der Waals surface area (Å²) in [5, 5.41) is 2.83. The summed E-state index contributed by atoms with van der Waals surface area (Å²) in [6.07, 6.45) is 2.11. The van der Waals surface area contributed by atoms with Gasteiger partial charge in [-0.25, -0.2) is 0 Å². The highest BCUT2D eigenvalue weighted by Crippen LogP contribution is 2.34. The van der Waals surface area contributed by atoms with Crippen LogP contribution in [0.25, 0.3) is 0 Å². The van der Waals surface area contributed by atoms with Gasteiger partial charge in [-0.2, -0.15) is 0 Å². The van der Waals surface area contributed by atoms with Gasteiger partial charge >= 0.3 is 0 Å². The van der Waals surface area contributed by atoms with Gasteiger partial charge in [0.15, 0.2) is 0 Å². The van der Waals surface area contributed by atoms with E-state index in [9.17, 15) is 9.59 Å². The molecular formula is C14H18N2O2S. The molecule has 3 rings (SSSR count). The number of piperazine rings is 1. The second-order valence-corrected chi connectivity index (χ2v) is 6.87. The monoisotopic (exact) mass is 278 g/mol. The lowest BCUT2D eigenvalue weighted by atomic mass is 10.1. The highest BCUT2D eigenvalue weighted by atomic mass is 32.1. The summed E-state index contributed by atoms with van der Waals surface area (Å²) < 4.78 is 0. The van der Waals surface area contributed by atoms with Crippen molar-refractivity contribution in [1.29, 1.82) is 0 Å². The van der Waals surface area contributed by atoms with Crippen molar-refractivity contribution in [2.24, 2.45) is 5.92 Å². The fraction of sp³-hybridized carbons (Fsp3) is 0.571. The lowest BCUT2D eigenvalue weighted by Gasteiger charge is -2.32. The molecular weight excluding hydrogens is 260 g/mol. The highest BCUT2D eigenvalue weighted by Gasteiger charge is 2.42. The molecule has 4 nitrogen and oxygen atoms in total. The minimum Gasteiger partial charge on any atom is -0.342 e. The zero-order valence-corrected chi connectivity index (χ0v) is 12.0. The number of amides is 2. The largest absolute Gasteiger partial charge is 0.342 e. The van der Waals surface area contributed by atoms with Gasteiger partial charge in [0, 0.05) is 9.75 Å². The molecule has 2 aliphatic rings. The molecule has 0 spiro atoms. The predicted molar refractivity (Wildman–Crippen MR) is 73.9 cm³/mol. The van der Waals surface area contributed by atoms with Crippen molar-refractivity contribution in [3.05, 3.63) is 21.4 Å². The minimum atomic E-state index is -0.275. The summed E-state index contributed by atoms with van der Waals surface area (Å²) in [6.45, 7) is 4.92. The van der Waals surface area contributed by atoms with Crippen molar-refractivity contribution >= 4 is 23.2 Å². The van der Waals surface area contributed by atoms with E-state index in [0.29, 0.717) is 12.5 Å². The van der Waals surface area contributed by atoms with E-state index < -0.39 is 0 Å². The molecule has 1 atom stereocenters. The lowest BCUT2D eigenvalue weighted by molar-refractivity contribution is -0.145. The maximum absolute atomic E-state index is 12.4. The van der Waals surface area contributed by atoms with Crippen LogP contribution in [-0.2, 0) is 16.1 Å². The molecule has 19 heavy (non-hydrogen) atoms. The topological polar surface area (TPSA) is 49.4 Å². The van der Waals surface area contributed by atoms with Gasteiger partial charge in [0.05, 0.1) is 13.1 Å². The Morgan fingerprint density at radius 1 is 1.37 bits per heavy atom. The number of aryl methyl sites for hydroxylation is 2. The van der Waals surface area contributed by atoms with Crippen LogP contribution in [0.2, 0.25) is 0 Å². The Balaban J connectivity index is 1.75. The normalized spacial score (nSPS) is 23.7. The van der Waals surface area contributed by atoms with E-state index in [-0.39, 0.29) is 24.4 Å². The zero-order chi connectivity index (χ0) is 13.6. The Hall–Kier alpha value is -1.36. The van der Waals surface area contributed by atoms with Gasteiger partial charge in [-0.15, -0.1) is 11.3 Å². The standard InChI is InChI=1S/C14H18N2O2S/c1-8-5-11(19-9(8)2)6-16-7-12(17)15-13(14(16)18)10-3-4-10/h5,10,13H,3-4,6-7H2,1-2H3,(H,15,17). The quantitative estimate of drug-likeness (QED) is 0.913. The zero-order valence-electron chi connectivity index (χ0n) is 11.2. The number of carbonyl (C=O) groups is 2. The van der Waals surface area contributed by atoms with E-state index in [1.165, 1.54) is 10.4 Å². The highest BCUT2D eigenvalue weighted by molar-refractivity contribution is 7.12. The number of carbonyl (C=O) groups excluding carboxylic acids is 2. The van der Waals surface area contributed by atoms with Crippen LogP contribution in [0, 0.1) is 19.8 Å². The van der Waals surface area contributed by atoms with Crippen molar-refractivity contribution in [3.63, 3.8) is 0 Å². The molecule has 1 aliphatic carbocycles. The molecule has 1 N–H and O–H groups in total. The number of rotatable bonds is 3. The smallest absolute Gasteiger partial charge is 0.246 e. The molecule has 1 aromatic heterocycles. The van der Waals surface area contributed by atoms with Crippen molar-refractivity contribution in [3.8, 4) is 0 Å². The van der Waals surface area contributed by atoms with Gasteiger partial charge in [0.1, 0.15) is 6.04 Å². The molecule has 5 heteroatoms. The first-order valence-corrected chi connectivity index (χ1v) is 7.50. The van der Waals surface area contributed by atoms with E-state index in [1.807, 2.05) is 0 Å². The molecule has 0 bridgehead atoms. The summed E-state index contributed by atoms with van der Waals surface area (Å²) in [4.78, 5) is 28.2. The summed E-state index contributed by atoms with van der Waals surface area (Å²) in [5.41, 5.74) is 1.26. The lowest BCUT2D eigenvalue weighted by Crippen LogP contribution is -2.58. The molecule has 1 unspecified atom stereocenters. The SMILES string of the molecule is Cc1cc(CN2CC(=O)NC(C3CC3)C2=O)sc1C. The molecule has 0 aromatic carbocycles. The van der Waals surface area contributed by atoms with Gasteiger partial charge in [-0.1, -0.05) is 0 Å². The summed E-state index contributed by atoms with van der Waals surface area (Å²) >= 11 is 1.71. The number of thiophene rings is 1. The molecule has 1 saturated carbocycles. The number of nitrogens with zero attached hydrogens (tertiary/aromatic N) is 1. The van der Waals surface area contributed by atoms with E-state index in [1.54, 1.807) is 16.2 Å². The van der Waals surface area contributed by atoms with Crippen molar-refractivity contribution in [1.82, 2.24) is 10.2 Å². The number of nitrogens with one attached hydrogen (secondary N) is 1. The Kier molecular flexibility index (Phi) is 3.09. The van der Waals surface area contributed by atoms with Crippen LogP contribution in [-0.4, -0.2) is 29.3 Å². The maximum atomic E-state index is 12.4. The summed E-state index contributed by atoms with van der Waals surface area (Å²) in [6, 6.07) is 1.84. The summed E-state index contributed by atoms with van der Waals surface area (Å²) in [5.74, 6) is 0.429. The number of hydrogen-bond donors (Lipinski definition) is 1. The van der Waals surface area contributed by atoms with Crippen LogP contribution in [0.4, 0.5) is 0 Å². The minimum absolute atomic E-state index is 0.0264. The fourth-order valence-corrected chi connectivity index (χ4v) is 3.60. The van der Waals surface area contributed by atoms with Crippen LogP contribution in [0.5, 0.6) is 0 Å². The molecule has 102 valence electrons. The Labute approximate surface area is 116 Å². The molecule has 1 aromatic rings. The third kappa shape index (κ3) is 2.52. The fourth-order valence-electron chi connectivity index (χ4n) is 2.53. The van der Waals surface area contributed by atoms with Crippen molar-refractivity contribution in [2.75, 3.05) is 6.54 Å². The number of hydrogen-bond acceptors (Lipinski definition) is 3. The van der Waals surface area contributed by atoms with Gasteiger partial charge < -0.3 is 10.2 Å². The van der Waals surface area contributed by atoms with Crippen LogP contribution < -0.4 is 5.32 Å². The Morgan fingerprint density at radius 2 is 2.11 bits per heavy atom. The Morgan fingerprint density at radius 3 is 2.68 bits per heavy atom. The first-order valence-electron chi connectivity index (χ1n) is 6.68. The van der Waals surface area contributed by atoms with Gasteiger partial charge in [0.25, 0.3) is 0 Å². The van der Waals surface area contributed by atoms with Crippen LogP contribution in [0.1, 0.15) is 28.2 Å². The third-order valence-corrected chi connectivity index (χ3v) is 5.02. The van der Waals surface area contributed by atoms with Crippen molar-refractivity contribution < 1.29 is 9.59 Å². The molecule has 1 aliphatic heterocycles. The molecule has 2 fully saturated rings. The first-order chi connectivity index (χ1) is 9.04. The summed E-state index contributed by atoms with van der Waals surface area (Å²) in [7, 11) is 0. The average molecular weight is 278 g/mol. The maximum Gasteiger partial charge on any atom is 0.246 e. The predicted octanol–water partition coefficient (Wildman–Crippen LogP) is 1.60. The average Bonchev–Trinajstić information content (AvgIpc) is 3.12. The molecule has 2 heterocycles. The van der Waals surface area contributed by atoms with E-state index in [0.717, 1.165) is 17.7 Å². The molecule has 2 amide bonds. The Bertz CT molecular complexity index is 514. The second kappa shape index (κ2) is 4.63. The van der Waals surface area contributed by atoms with Gasteiger partial charge in [-0.05, 0) is 44.2 Å². The van der Waals surface area contributed by atoms with Crippen LogP contribution in [0.3, 0.4) is 0 Å². The van der Waals surface area contributed by atoms with Gasteiger partial charge in [0.2, 0.25) is 11.8 Å². The van der Waals surface area contributed by atoms with Crippen LogP contribution in [0.15, 0.2) is 6.07 Å². The van der Waals surface area contributed by atoms with E-state index in [4.69, 9.17) is 0 Å². The van der Waals surface area contributed by atoms with Crippen LogP contribution >= 0.6 is 11.3 Å². The third-order valence-electron chi connectivity index (χ3n) is 3.89. The van der Waals surface area contributed by atoms with E-state index in [2.05, 4.69) is 25.2 Å². The van der Waals surface area contributed by atoms with Gasteiger partial charge in [-0.3, -0.25) is 9.59 Å². The molecule has 0 radical (unpaired) electrons. The first kappa shape index (κ1) is 12.7. The molecule has 1 saturated heterocycles. The second-order valence-electron chi connectivity index (χ2n) is 5.53.